The maximum absolute atomic E-state index is 13.3. The Morgan fingerprint density at radius 3 is 2.76 bits per heavy atom. The molecule has 6 heteroatoms. The number of halogens is 2. The second kappa shape index (κ2) is 6.95. The summed E-state index contributed by atoms with van der Waals surface area (Å²) in [5, 5.41) is 3.14. The fraction of sp³-hybridized carbons (Fsp3) is 0.133. The van der Waals surface area contributed by atoms with E-state index in [9.17, 15) is 9.18 Å². The maximum Gasteiger partial charge on any atom is 0.227 e. The number of benzene rings is 2. The molecule has 2 aromatic rings. The predicted octanol–water partition coefficient (Wildman–Crippen LogP) is 3.47. The molecule has 0 aliphatic carbocycles. The molecule has 2 aromatic carbocycles. The number of amides is 1. The lowest BCUT2D eigenvalue weighted by atomic mass is 10.2. The molecule has 0 aliphatic heterocycles. The predicted molar refractivity (Wildman–Crippen MR) is 81.0 cm³/mol. The number of hydrogen-bond donors (Lipinski definition) is 2. The van der Waals surface area contributed by atoms with Crippen molar-refractivity contribution < 1.29 is 13.9 Å². The third-order valence-corrected chi connectivity index (χ3v) is 2.95. The van der Waals surface area contributed by atoms with Crippen LogP contribution in [0.15, 0.2) is 42.5 Å². The summed E-state index contributed by atoms with van der Waals surface area (Å²) in [5.41, 5.74) is 6.59. The number of anilines is 2. The number of carbonyl (C=O) groups excluding carboxylic acids is 1. The quantitative estimate of drug-likeness (QED) is 0.831. The van der Waals surface area contributed by atoms with Crippen molar-refractivity contribution in [1.82, 2.24) is 0 Å². The van der Waals surface area contributed by atoms with Gasteiger partial charge in [-0.25, -0.2) is 4.39 Å². The Kier molecular flexibility index (Phi) is 5.00. The van der Waals surface area contributed by atoms with Crippen LogP contribution in [-0.2, 0) is 4.79 Å². The van der Waals surface area contributed by atoms with Crippen LogP contribution in [0.25, 0.3) is 0 Å². The first-order valence-corrected chi connectivity index (χ1v) is 6.66. The van der Waals surface area contributed by atoms with Crippen molar-refractivity contribution in [1.29, 1.82) is 0 Å². The van der Waals surface area contributed by atoms with E-state index in [0.29, 0.717) is 16.4 Å². The SMILES string of the molecule is Nc1cc(Cl)ccc1NC(=O)CCOc1ccccc1F. The molecule has 4 nitrogen and oxygen atoms in total. The van der Waals surface area contributed by atoms with Crippen LogP contribution < -0.4 is 15.8 Å². The summed E-state index contributed by atoms with van der Waals surface area (Å²) in [6, 6.07) is 10.8. The van der Waals surface area contributed by atoms with E-state index in [0.717, 1.165) is 0 Å². The van der Waals surface area contributed by atoms with Crippen LogP contribution in [0, 0.1) is 5.82 Å². The van der Waals surface area contributed by atoms with Crippen molar-refractivity contribution in [3.8, 4) is 5.75 Å². The highest BCUT2D eigenvalue weighted by atomic mass is 35.5. The summed E-state index contributed by atoms with van der Waals surface area (Å²) in [6.07, 6.45) is 0.0798. The molecule has 0 atom stereocenters. The molecule has 21 heavy (non-hydrogen) atoms. The zero-order valence-electron chi connectivity index (χ0n) is 11.1. The summed E-state index contributed by atoms with van der Waals surface area (Å²) in [6.45, 7) is 0.0697. The second-order valence-electron chi connectivity index (χ2n) is 4.31. The van der Waals surface area contributed by atoms with Crippen LogP contribution >= 0.6 is 11.6 Å². The molecule has 0 aliphatic rings. The van der Waals surface area contributed by atoms with E-state index in [-0.39, 0.29) is 24.7 Å². The molecule has 0 aromatic heterocycles. The fourth-order valence-corrected chi connectivity index (χ4v) is 1.86. The Hall–Kier alpha value is -2.27. The number of nitrogen functional groups attached to an aromatic ring is 1. The number of carbonyl (C=O) groups is 1. The van der Waals surface area contributed by atoms with Gasteiger partial charge in [-0.2, -0.15) is 0 Å². The summed E-state index contributed by atoms with van der Waals surface area (Å²) in [5.74, 6) is -0.614. The minimum Gasteiger partial charge on any atom is -0.490 e. The third-order valence-electron chi connectivity index (χ3n) is 2.71. The van der Waals surface area contributed by atoms with Gasteiger partial charge in [-0.1, -0.05) is 23.7 Å². The molecule has 0 spiro atoms. The molecule has 110 valence electrons. The average Bonchev–Trinajstić information content (AvgIpc) is 2.44. The van der Waals surface area contributed by atoms with Crippen LogP contribution in [0.5, 0.6) is 5.75 Å². The van der Waals surface area contributed by atoms with Crippen molar-refractivity contribution in [3.05, 3.63) is 53.3 Å². The van der Waals surface area contributed by atoms with Gasteiger partial charge in [0.05, 0.1) is 24.4 Å². The van der Waals surface area contributed by atoms with E-state index in [2.05, 4.69) is 5.32 Å². The van der Waals surface area contributed by atoms with Crippen LogP contribution in [-0.4, -0.2) is 12.5 Å². The van der Waals surface area contributed by atoms with Gasteiger partial charge in [-0.3, -0.25) is 4.79 Å². The first-order valence-electron chi connectivity index (χ1n) is 6.28. The van der Waals surface area contributed by atoms with Crippen molar-refractivity contribution in [2.45, 2.75) is 6.42 Å². The van der Waals surface area contributed by atoms with E-state index < -0.39 is 5.82 Å². The maximum atomic E-state index is 13.3. The molecule has 0 heterocycles. The molecule has 0 saturated heterocycles. The summed E-state index contributed by atoms with van der Waals surface area (Å²) >= 11 is 5.77. The van der Waals surface area contributed by atoms with Crippen LogP contribution in [0.1, 0.15) is 6.42 Å². The lowest BCUT2D eigenvalue weighted by Crippen LogP contribution is -2.16. The Balaban J connectivity index is 1.84. The van der Waals surface area contributed by atoms with Crippen molar-refractivity contribution >= 4 is 28.9 Å². The lowest BCUT2D eigenvalue weighted by molar-refractivity contribution is -0.116. The second-order valence-corrected chi connectivity index (χ2v) is 4.75. The van der Waals surface area contributed by atoms with Gasteiger partial charge in [0.1, 0.15) is 0 Å². The van der Waals surface area contributed by atoms with Gasteiger partial charge in [0.15, 0.2) is 11.6 Å². The van der Waals surface area contributed by atoms with Crippen molar-refractivity contribution in [2.75, 3.05) is 17.7 Å². The van der Waals surface area contributed by atoms with Gasteiger partial charge < -0.3 is 15.8 Å². The number of rotatable bonds is 5. The summed E-state index contributed by atoms with van der Waals surface area (Å²) in [4.78, 5) is 11.8. The third kappa shape index (κ3) is 4.36. The van der Waals surface area contributed by atoms with Gasteiger partial charge in [0, 0.05) is 5.02 Å². The Labute approximate surface area is 126 Å². The van der Waals surface area contributed by atoms with Gasteiger partial charge in [-0.15, -0.1) is 0 Å². The number of ether oxygens (including phenoxy) is 1. The Morgan fingerprint density at radius 1 is 1.29 bits per heavy atom. The molecule has 0 bridgehead atoms. The zero-order valence-corrected chi connectivity index (χ0v) is 11.9. The van der Waals surface area contributed by atoms with E-state index >= 15 is 0 Å². The van der Waals surface area contributed by atoms with Gasteiger partial charge >= 0.3 is 0 Å². The molecule has 1 amide bonds. The molecule has 0 unspecified atom stereocenters. The number of hydrogen-bond acceptors (Lipinski definition) is 3. The highest BCUT2D eigenvalue weighted by molar-refractivity contribution is 6.31. The molecule has 0 radical (unpaired) electrons. The molecular formula is C15H14ClFN2O2. The fourth-order valence-electron chi connectivity index (χ4n) is 1.68. The first-order chi connectivity index (χ1) is 10.1. The van der Waals surface area contributed by atoms with E-state index in [1.54, 1.807) is 30.3 Å². The Morgan fingerprint density at radius 2 is 2.05 bits per heavy atom. The minimum atomic E-state index is -0.458. The summed E-state index contributed by atoms with van der Waals surface area (Å²) in [7, 11) is 0. The lowest BCUT2D eigenvalue weighted by Gasteiger charge is -2.09. The summed E-state index contributed by atoms with van der Waals surface area (Å²) < 4.78 is 18.5. The highest BCUT2D eigenvalue weighted by Gasteiger charge is 2.07. The van der Waals surface area contributed by atoms with E-state index in [4.69, 9.17) is 22.1 Å². The van der Waals surface area contributed by atoms with Crippen LogP contribution in [0.2, 0.25) is 5.02 Å². The van der Waals surface area contributed by atoms with Crippen molar-refractivity contribution in [3.63, 3.8) is 0 Å². The van der Waals surface area contributed by atoms with E-state index in [1.807, 2.05) is 0 Å². The van der Waals surface area contributed by atoms with Gasteiger partial charge in [0.2, 0.25) is 5.91 Å². The topological polar surface area (TPSA) is 64.3 Å². The molecule has 0 fully saturated rings. The molecular weight excluding hydrogens is 295 g/mol. The minimum absolute atomic E-state index is 0.0697. The normalized spacial score (nSPS) is 10.2. The largest absolute Gasteiger partial charge is 0.490 e. The van der Waals surface area contributed by atoms with Crippen LogP contribution in [0.3, 0.4) is 0 Å². The standard InChI is InChI=1S/C15H14ClFN2O2/c16-10-5-6-13(12(18)9-10)19-15(20)7-8-21-14-4-2-1-3-11(14)17/h1-6,9H,7-8,18H2,(H,19,20). The number of nitrogens with two attached hydrogens (primary N) is 1. The van der Waals surface area contributed by atoms with Gasteiger partial charge in [0.25, 0.3) is 0 Å². The Bertz CT molecular complexity index is 649. The molecule has 3 N–H and O–H groups in total. The van der Waals surface area contributed by atoms with Crippen LogP contribution in [0.4, 0.5) is 15.8 Å². The monoisotopic (exact) mass is 308 g/mol. The first kappa shape index (κ1) is 15.1. The molecule has 0 saturated carbocycles. The van der Waals surface area contributed by atoms with Crippen molar-refractivity contribution in [2.24, 2.45) is 0 Å². The zero-order chi connectivity index (χ0) is 15.2. The molecule has 2 rings (SSSR count). The van der Waals surface area contributed by atoms with E-state index in [1.165, 1.54) is 12.1 Å². The van der Waals surface area contributed by atoms with Gasteiger partial charge in [-0.05, 0) is 30.3 Å². The average molecular weight is 309 g/mol. The smallest absolute Gasteiger partial charge is 0.227 e. The number of nitrogens with one attached hydrogen (secondary N) is 1. The number of para-hydroxylation sites is 1. The highest BCUT2D eigenvalue weighted by Crippen LogP contribution is 2.22.